The van der Waals surface area contributed by atoms with Crippen LogP contribution in [0.1, 0.15) is 15.9 Å². The predicted octanol–water partition coefficient (Wildman–Crippen LogP) is 0.503. The molecule has 7 heteroatoms. The first-order valence-electron chi connectivity index (χ1n) is 3.61. The largest absolute Gasteiger partial charge is 0.469 e. The first-order valence-corrected chi connectivity index (χ1v) is 5.14. The number of hydrogen-bond donors (Lipinski definition) is 2. The Morgan fingerprint density at radius 2 is 2.29 bits per heavy atom. The van der Waals surface area contributed by atoms with E-state index in [2.05, 4.69) is 9.51 Å². The summed E-state index contributed by atoms with van der Waals surface area (Å²) < 4.78 is 14.6. The summed E-state index contributed by atoms with van der Waals surface area (Å²) in [4.78, 5) is 31.0. The highest BCUT2D eigenvalue weighted by Gasteiger charge is 2.14. The lowest BCUT2D eigenvalue weighted by atomic mass is 10.2. The van der Waals surface area contributed by atoms with Crippen molar-refractivity contribution in [2.24, 2.45) is 0 Å². The molecule has 1 aromatic rings. The maximum absolute atomic E-state index is 10.5. The van der Waals surface area contributed by atoms with Crippen LogP contribution in [-0.2, 0) is 15.7 Å². The number of phosphoric ester groups is 1. The average Bonchev–Trinajstić information content (AvgIpc) is 2.14. The van der Waals surface area contributed by atoms with Crippen molar-refractivity contribution in [3.63, 3.8) is 0 Å². The van der Waals surface area contributed by atoms with E-state index in [1.54, 1.807) is 0 Å². The molecule has 0 radical (unpaired) electrons. The van der Waals surface area contributed by atoms with E-state index in [-0.39, 0.29) is 6.61 Å². The van der Waals surface area contributed by atoms with Gasteiger partial charge in [-0.25, -0.2) is 4.57 Å². The van der Waals surface area contributed by atoms with Gasteiger partial charge in [0.2, 0.25) is 0 Å². The number of pyridine rings is 1. The Kier molecular flexibility index (Phi) is 3.49. The van der Waals surface area contributed by atoms with E-state index in [0.29, 0.717) is 17.4 Å². The number of nitrogens with zero attached hydrogens (tertiary/aromatic N) is 1. The zero-order valence-electron chi connectivity index (χ0n) is 7.03. The van der Waals surface area contributed by atoms with Gasteiger partial charge in [-0.05, 0) is 6.07 Å². The molecule has 0 bridgehead atoms. The fourth-order valence-corrected chi connectivity index (χ4v) is 1.13. The second-order valence-electron chi connectivity index (χ2n) is 2.46. The molecule has 1 heterocycles. The van der Waals surface area contributed by atoms with E-state index in [0.717, 1.165) is 0 Å². The molecule has 0 aliphatic rings. The summed E-state index contributed by atoms with van der Waals surface area (Å²) in [6, 6.07) is 1.44. The van der Waals surface area contributed by atoms with Crippen LogP contribution in [0.4, 0.5) is 0 Å². The highest BCUT2D eigenvalue weighted by atomic mass is 31.2. The fourth-order valence-electron chi connectivity index (χ4n) is 0.827. The molecule has 0 amide bonds. The maximum Gasteiger partial charge on any atom is 0.469 e. The minimum absolute atomic E-state index is 0.299. The number of rotatable bonds is 4. The van der Waals surface area contributed by atoms with Gasteiger partial charge < -0.3 is 9.79 Å². The summed E-state index contributed by atoms with van der Waals surface area (Å²) >= 11 is 0. The molecule has 0 spiro atoms. The topological polar surface area (TPSA) is 96.7 Å². The minimum atomic E-state index is -4.51. The molecule has 0 atom stereocenters. The van der Waals surface area contributed by atoms with Crippen molar-refractivity contribution in [1.82, 2.24) is 4.98 Å². The van der Waals surface area contributed by atoms with Gasteiger partial charge in [0.05, 0.1) is 6.61 Å². The molecule has 76 valence electrons. The van der Waals surface area contributed by atoms with Gasteiger partial charge in [-0.1, -0.05) is 0 Å². The lowest BCUT2D eigenvalue weighted by Gasteiger charge is -2.05. The quantitative estimate of drug-likeness (QED) is 0.563. The Bertz CT molecular complexity index is 374. The van der Waals surface area contributed by atoms with Crippen molar-refractivity contribution in [1.29, 1.82) is 0 Å². The summed E-state index contributed by atoms with van der Waals surface area (Å²) in [6.45, 7) is -0.341. The van der Waals surface area contributed by atoms with Crippen molar-refractivity contribution < 1.29 is 23.7 Å². The molecule has 0 aliphatic carbocycles. The van der Waals surface area contributed by atoms with Gasteiger partial charge >= 0.3 is 7.82 Å². The monoisotopic (exact) mass is 217 g/mol. The van der Waals surface area contributed by atoms with Crippen LogP contribution in [-0.4, -0.2) is 21.1 Å². The number of carbonyl (C=O) groups is 1. The van der Waals surface area contributed by atoms with Gasteiger partial charge in [0.25, 0.3) is 0 Å². The van der Waals surface area contributed by atoms with Crippen molar-refractivity contribution >= 4 is 14.1 Å². The first kappa shape index (κ1) is 11.0. The number of phosphoric acid groups is 1. The first-order chi connectivity index (χ1) is 6.53. The molecule has 2 N–H and O–H groups in total. The van der Waals surface area contributed by atoms with E-state index in [4.69, 9.17) is 9.79 Å². The summed E-state index contributed by atoms with van der Waals surface area (Å²) in [6.07, 6.45) is 3.30. The van der Waals surface area contributed by atoms with Gasteiger partial charge in [0.15, 0.2) is 6.29 Å². The number of hydrogen-bond acceptors (Lipinski definition) is 4. The van der Waals surface area contributed by atoms with Gasteiger partial charge in [0.1, 0.15) is 0 Å². The van der Waals surface area contributed by atoms with Crippen LogP contribution in [0.25, 0.3) is 0 Å². The minimum Gasteiger partial charge on any atom is -0.303 e. The van der Waals surface area contributed by atoms with Crippen LogP contribution in [0, 0.1) is 0 Å². The highest BCUT2D eigenvalue weighted by molar-refractivity contribution is 7.46. The third-order valence-corrected chi connectivity index (χ3v) is 1.92. The highest BCUT2D eigenvalue weighted by Crippen LogP contribution is 2.36. The Morgan fingerprint density at radius 1 is 1.57 bits per heavy atom. The standard InChI is InChI=1S/C7H8NO5P/c9-4-6-1-2-8-3-7(6)5-13-14(10,11)12/h1-4H,5H2,(H2,10,11,12). The second-order valence-corrected chi connectivity index (χ2v) is 3.70. The molecule has 0 saturated heterocycles. The second kappa shape index (κ2) is 4.43. The molecular formula is C7H8NO5P. The summed E-state index contributed by atoms with van der Waals surface area (Å²) in [7, 11) is -4.51. The van der Waals surface area contributed by atoms with Crippen molar-refractivity contribution in [3.05, 3.63) is 29.6 Å². The van der Waals surface area contributed by atoms with Crippen LogP contribution < -0.4 is 0 Å². The van der Waals surface area contributed by atoms with Crippen LogP contribution in [0.15, 0.2) is 18.5 Å². The zero-order valence-corrected chi connectivity index (χ0v) is 7.92. The molecule has 0 aromatic carbocycles. The third-order valence-electron chi connectivity index (χ3n) is 1.46. The Hall–Kier alpha value is -1.07. The SMILES string of the molecule is O=Cc1ccncc1COP(=O)(O)O. The third kappa shape index (κ3) is 3.35. The van der Waals surface area contributed by atoms with Gasteiger partial charge in [-0.3, -0.25) is 14.3 Å². The summed E-state index contributed by atoms with van der Waals surface area (Å²) in [5.41, 5.74) is 0.638. The Balaban J connectivity index is 2.76. The molecule has 6 nitrogen and oxygen atoms in total. The van der Waals surface area contributed by atoms with Crippen molar-refractivity contribution in [2.75, 3.05) is 0 Å². The number of aldehydes is 1. The van der Waals surface area contributed by atoms with E-state index in [9.17, 15) is 9.36 Å². The van der Waals surface area contributed by atoms with Crippen molar-refractivity contribution in [3.8, 4) is 0 Å². The lowest BCUT2D eigenvalue weighted by molar-refractivity contribution is 0.111. The zero-order chi connectivity index (χ0) is 10.6. The van der Waals surface area contributed by atoms with E-state index in [1.165, 1.54) is 18.5 Å². The molecule has 1 rings (SSSR count). The fraction of sp³-hybridized carbons (Fsp3) is 0.143. The molecular weight excluding hydrogens is 209 g/mol. The van der Waals surface area contributed by atoms with Crippen LogP contribution in [0.5, 0.6) is 0 Å². The molecule has 14 heavy (non-hydrogen) atoms. The van der Waals surface area contributed by atoms with E-state index in [1.807, 2.05) is 0 Å². The normalized spacial score (nSPS) is 11.3. The molecule has 0 unspecified atom stereocenters. The smallest absolute Gasteiger partial charge is 0.303 e. The summed E-state index contributed by atoms with van der Waals surface area (Å²) in [5, 5.41) is 0. The lowest BCUT2D eigenvalue weighted by Crippen LogP contribution is -1.96. The van der Waals surface area contributed by atoms with E-state index < -0.39 is 7.82 Å². The molecule has 0 aliphatic heterocycles. The van der Waals surface area contributed by atoms with Gasteiger partial charge in [-0.15, -0.1) is 0 Å². The Morgan fingerprint density at radius 3 is 2.86 bits per heavy atom. The van der Waals surface area contributed by atoms with Gasteiger partial charge in [0, 0.05) is 23.5 Å². The molecule has 0 saturated carbocycles. The van der Waals surface area contributed by atoms with Crippen LogP contribution in [0.2, 0.25) is 0 Å². The molecule has 0 fully saturated rings. The summed E-state index contributed by atoms with van der Waals surface area (Å²) in [5.74, 6) is 0. The number of carbonyl (C=O) groups excluding carboxylic acids is 1. The van der Waals surface area contributed by atoms with E-state index >= 15 is 0 Å². The average molecular weight is 217 g/mol. The van der Waals surface area contributed by atoms with Crippen molar-refractivity contribution in [2.45, 2.75) is 6.61 Å². The predicted molar refractivity (Wildman–Crippen MR) is 46.5 cm³/mol. The van der Waals surface area contributed by atoms with Crippen LogP contribution >= 0.6 is 7.82 Å². The maximum atomic E-state index is 10.5. The van der Waals surface area contributed by atoms with Crippen LogP contribution in [0.3, 0.4) is 0 Å². The Labute approximate surface area is 79.8 Å². The van der Waals surface area contributed by atoms with Gasteiger partial charge in [-0.2, -0.15) is 0 Å². The molecule has 1 aromatic heterocycles. The number of aromatic nitrogens is 1.